The molecule has 11 heteroatoms. The Labute approximate surface area is 220 Å². The van der Waals surface area contributed by atoms with Crippen LogP contribution in [0.1, 0.15) is 42.6 Å². The largest absolute Gasteiger partial charge is 0.493 e. The lowest BCUT2D eigenvalue weighted by atomic mass is 9.92. The van der Waals surface area contributed by atoms with Crippen LogP contribution in [0.4, 0.5) is 0 Å². The monoisotopic (exact) mass is 526 g/mol. The Hall–Kier alpha value is -3.60. The highest BCUT2D eigenvalue weighted by atomic mass is 16.5. The van der Waals surface area contributed by atoms with Gasteiger partial charge in [0.2, 0.25) is 11.8 Å². The Bertz CT molecular complexity index is 1260. The molecule has 5 atom stereocenters. The van der Waals surface area contributed by atoms with Gasteiger partial charge in [-0.1, -0.05) is 6.42 Å². The first-order chi connectivity index (χ1) is 18.4. The van der Waals surface area contributed by atoms with E-state index in [1.54, 1.807) is 30.2 Å². The zero-order valence-corrected chi connectivity index (χ0v) is 21.6. The molecule has 204 valence electrons. The number of benzene rings is 1. The summed E-state index contributed by atoms with van der Waals surface area (Å²) in [7, 11) is 3.08. The van der Waals surface area contributed by atoms with E-state index >= 15 is 0 Å². The van der Waals surface area contributed by atoms with Crippen LogP contribution in [0.3, 0.4) is 0 Å². The third-order valence-corrected chi connectivity index (χ3v) is 8.34. The molecule has 2 saturated heterocycles. The summed E-state index contributed by atoms with van der Waals surface area (Å²) in [6.45, 7) is 0.230. The first kappa shape index (κ1) is 26.0. The highest BCUT2D eigenvalue weighted by Crippen LogP contribution is 2.43. The van der Waals surface area contributed by atoms with E-state index in [1.165, 1.54) is 7.11 Å². The van der Waals surface area contributed by atoms with Crippen LogP contribution in [0.15, 0.2) is 18.2 Å². The Morgan fingerprint density at radius 2 is 2.00 bits per heavy atom. The molecule has 1 aromatic heterocycles. The summed E-state index contributed by atoms with van der Waals surface area (Å²) in [6, 6.07) is 3.53. The van der Waals surface area contributed by atoms with Crippen LogP contribution in [0, 0.1) is 17.8 Å². The van der Waals surface area contributed by atoms with Crippen LogP contribution in [0.2, 0.25) is 0 Å². The number of ketones is 1. The predicted molar refractivity (Wildman–Crippen MR) is 137 cm³/mol. The van der Waals surface area contributed by atoms with Crippen molar-refractivity contribution in [2.45, 2.75) is 44.2 Å². The van der Waals surface area contributed by atoms with Gasteiger partial charge in [0.1, 0.15) is 18.3 Å². The predicted octanol–water partition coefficient (Wildman–Crippen LogP) is 0.998. The molecular formula is C27H34N4O7. The lowest BCUT2D eigenvalue weighted by Crippen LogP contribution is -2.53. The molecule has 4 N–H and O–H groups in total. The summed E-state index contributed by atoms with van der Waals surface area (Å²) >= 11 is 0. The maximum Gasteiger partial charge on any atom is 0.271 e. The van der Waals surface area contributed by atoms with Crippen molar-refractivity contribution in [2.75, 3.05) is 33.9 Å². The number of likely N-dealkylation sites (tertiary alicyclic amines) is 1. The Balaban J connectivity index is 1.41. The van der Waals surface area contributed by atoms with E-state index in [0.717, 1.165) is 19.3 Å². The minimum atomic E-state index is -0.997. The van der Waals surface area contributed by atoms with Crippen molar-refractivity contribution < 1.29 is 33.8 Å². The standard InChI is InChI=1S/C27H34N4O7/c1-37-22-7-6-18-17(24(22)38-2)11-20(29-18)27(36)31-12-15-4-3-5-16(15)23(31)26(35)30-19(21(33)13-32)10-14-8-9-28-25(14)34/h6-7,11,14-16,19,23,29,32H,3-5,8-10,12-13H2,1-2H3,(H,28,34)(H,30,35). The van der Waals surface area contributed by atoms with Gasteiger partial charge in [0.15, 0.2) is 17.3 Å². The number of aromatic nitrogens is 1. The number of amides is 3. The van der Waals surface area contributed by atoms with E-state index in [2.05, 4.69) is 15.6 Å². The molecule has 11 nitrogen and oxygen atoms in total. The number of aliphatic hydroxyl groups is 1. The fraction of sp³-hybridized carbons (Fsp3) is 0.556. The molecule has 1 aliphatic carbocycles. The Kier molecular flexibility index (Phi) is 7.29. The summed E-state index contributed by atoms with van der Waals surface area (Å²) in [4.78, 5) is 56.9. The lowest BCUT2D eigenvalue weighted by Gasteiger charge is -2.29. The maximum absolute atomic E-state index is 13.8. The maximum atomic E-state index is 13.8. The number of hydrogen-bond acceptors (Lipinski definition) is 7. The second-order valence-electron chi connectivity index (χ2n) is 10.4. The minimum Gasteiger partial charge on any atom is -0.493 e. The number of hydrogen-bond donors (Lipinski definition) is 4. The van der Waals surface area contributed by atoms with Crippen LogP contribution in [-0.4, -0.2) is 84.5 Å². The molecule has 1 aromatic carbocycles. The van der Waals surface area contributed by atoms with Gasteiger partial charge < -0.3 is 35.1 Å². The Morgan fingerprint density at radius 3 is 2.68 bits per heavy atom. The molecule has 5 rings (SSSR count). The van der Waals surface area contributed by atoms with E-state index in [9.17, 15) is 24.3 Å². The van der Waals surface area contributed by atoms with Gasteiger partial charge in [0.25, 0.3) is 5.91 Å². The quantitative estimate of drug-likeness (QED) is 0.381. The van der Waals surface area contributed by atoms with Gasteiger partial charge in [0.05, 0.1) is 25.8 Å². The van der Waals surface area contributed by atoms with Crippen LogP contribution < -0.4 is 20.1 Å². The number of methoxy groups -OCH3 is 2. The number of carbonyl (C=O) groups is 4. The first-order valence-electron chi connectivity index (χ1n) is 13.1. The average Bonchev–Trinajstić information content (AvgIpc) is 3.70. The zero-order chi connectivity index (χ0) is 27.0. The van der Waals surface area contributed by atoms with E-state index in [4.69, 9.17) is 9.47 Å². The topological polar surface area (TPSA) is 150 Å². The molecule has 0 bridgehead atoms. The molecule has 3 heterocycles. The zero-order valence-electron chi connectivity index (χ0n) is 21.6. The Morgan fingerprint density at radius 1 is 1.18 bits per heavy atom. The third-order valence-electron chi connectivity index (χ3n) is 8.34. The van der Waals surface area contributed by atoms with Crippen molar-refractivity contribution in [2.24, 2.45) is 17.8 Å². The number of fused-ring (bicyclic) bond motifs is 2. The number of carbonyl (C=O) groups excluding carboxylic acids is 4. The van der Waals surface area contributed by atoms with Crippen molar-refractivity contribution in [1.82, 2.24) is 20.5 Å². The molecule has 3 amide bonds. The van der Waals surface area contributed by atoms with Crippen LogP contribution in [0.5, 0.6) is 11.5 Å². The van der Waals surface area contributed by atoms with Gasteiger partial charge in [-0.15, -0.1) is 0 Å². The minimum absolute atomic E-state index is 0.0161. The van der Waals surface area contributed by atoms with Gasteiger partial charge in [-0.3, -0.25) is 19.2 Å². The van der Waals surface area contributed by atoms with Gasteiger partial charge >= 0.3 is 0 Å². The first-order valence-corrected chi connectivity index (χ1v) is 13.1. The SMILES string of the molecule is COc1ccc2[nH]c(C(=O)N3CC4CCCC4C3C(=O)NC(CC3CCNC3=O)C(=O)CO)cc2c1OC. The molecule has 2 aliphatic heterocycles. The molecule has 0 spiro atoms. The summed E-state index contributed by atoms with van der Waals surface area (Å²) in [5.74, 6) is -0.613. The van der Waals surface area contributed by atoms with E-state index < -0.39 is 36.3 Å². The van der Waals surface area contributed by atoms with Gasteiger partial charge in [-0.25, -0.2) is 0 Å². The van der Waals surface area contributed by atoms with Crippen molar-refractivity contribution in [3.8, 4) is 11.5 Å². The second-order valence-corrected chi connectivity index (χ2v) is 10.4. The number of nitrogens with zero attached hydrogens (tertiary/aromatic N) is 1. The van der Waals surface area contributed by atoms with Gasteiger partial charge in [-0.2, -0.15) is 0 Å². The van der Waals surface area contributed by atoms with Gasteiger partial charge in [0, 0.05) is 24.4 Å². The number of H-pyrrole nitrogens is 1. The number of aromatic amines is 1. The molecule has 0 radical (unpaired) electrons. The molecule has 5 unspecified atom stereocenters. The number of ether oxygens (including phenoxy) is 2. The molecule has 1 saturated carbocycles. The van der Waals surface area contributed by atoms with Crippen LogP contribution in [0.25, 0.3) is 10.9 Å². The number of aliphatic hydroxyl groups excluding tert-OH is 1. The summed E-state index contributed by atoms with van der Waals surface area (Å²) < 4.78 is 10.9. The van der Waals surface area contributed by atoms with E-state index in [-0.39, 0.29) is 30.1 Å². The lowest BCUT2D eigenvalue weighted by molar-refractivity contribution is -0.133. The van der Waals surface area contributed by atoms with Crippen LogP contribution >= 0.6 is 0 Å². The summed E-state index contributed by atoms with van der Waals surface area (Å²) in [5, 5.41) is 15.8. The van der Waals surface area contributed by atoms with Crippen molar-refractivity contribution in [3.63, 3.8) is 0 Å². The van der Waals surface area contributed by atoms with E-state index in [1.807, 2.05) is 0 Å². The summed E-state index contributed by atoms with van der Waals surface area (Å²) in [6.07, 6.45) is 3.41. The fourth-order valence-electron chi connectivity index (χ4n) is 6.44. The molecule has 3 fully saturated rings. The van der Waals surface area contributed by atoms with Crippen molar-refractivity contribution in [3.05, 3.63) is 23.9 Å². The normalized spacial score (nSPS) is 25.2. The highest BCUT2D eigenvalue weighted by Gasteiger charge is 2.50. The second kappa shape index (κ2) is 10.6. The smallest absolute Gasteiger partial charge is 0.271 e. The van der Waals surface area contributed by atoms with Gasteiger partial charge in [-0.05, 0) is 55.7 Å². The molecular weight excluding hydrogens is 492 g/mol. The molecule has 2 aromatic rings. The number of Topliss-reactive ketones (excluding diaryl/α,β-unsaturated/α-hetero) is 1. The number of rotatable bonds is 9. The van der Waals surface area contributed by atoms with E-state index in [0.29, 0.717) is 47.6 Å². The van der Waals surface area contributed by atoms with Crippen molar-refractivity contribution >= 4 is 34.4 Å². The fourth-order valence-corrected chi connectivity index (χ4v) is 6.44. The third kappa shape index (κ3) is 4.59. The summed E-state index contributed by atoms with van der Waals surface area (Å²) in [5.41, 5.74) is 1.03. The highest BCUT2D eigenvalue weighted by molar-refractivity contribution is 6.03. The molecule has 38 heavy (non-hydrogen) atoms. The van der Waals surface area contributed by atoms with Crippen LogP contribution in [-0.2, 0) is 14.4 Å². The molecule has 3 aliphatic rings. The average molecular weight is 527 g/mol. The van der Waals surface area contributed by atoms with Crippen molar-refractivity contribution in [1.29, 1.82) is 0 Å². The number of nitrogens with one attached hydrogen (secondary N) is 3.